The van der Waals surface area contributed by atoms with Gasteiger partial charge >= 0.3 is 5.97 Å². The van der Waals surface area contributed by atoms with Crippen LogP contribution in [0.1, 0.15) is 21.5 Å². The van der Waals surface area contributed by atoms with Gasteiger partial charge in [0.25, 0.3) is 5.91 Å². The van der Waals surface area contributed by atoms with Crippen LogP contribution in [-0.2, 0) is 29.3 Å². The molecule has 0 spiro atoms. The number of carbonyl (C=O) groups is 2. The number of hydrogen-bond acceptors (Lipinski definition) is 7. The quantitative estimate of drug-likeness (QED) is 0.110. The summed E-state index contributed by atoms with van der Waals surface area (Å²) in [6, 6.07) is 25.8. The molecule has 0 fully saturated rings. The molecule has 0 aliphatic rings. The number of aromatic nitrogens is 3. The molecule has 0 aliphatic heterocycles. The van der Waals surface area contributed by atoms with Gasteiger partial charge < -0.3 is 14.4 Å². The van der Waals surface area contributed by atoms with E-state index in [0.29, 0.717) is 28.3 Å². The second-order valence-electron chi connectivity index (χ2n) is 10.0. The van der Waals surface area contributed by atoms with Crippen LogP contribution in [0.15, 0.2) is 109 Å². The van der Waals surface area contributed by atoms with Crippen LogP contribution in [0.25, 0.3) is 11.1 Å². The van der Waals surface area contributed by atoms with Crippen molar-refractivity contribution in [1.29, 1.82) is 0 Å². The second kappa shape index (κ2) is 15.1. The van der Waals surface area contributed by atoms with Gasteiger partial charge in [0, 0.05) is 17.0 Å². The Hall–Kier alpha value is -5.03. The lowest BCUT2D eigenvalue weighted by molar-refractivity contribution is -0.145. The van der Waals surface area contributed by atoms with Crippen molar-refractivity contribution in [2.24, 2.45) is 0 Å². The summed E-state index contributed by atoms with van der Waals surface area (Å²) in [6.07, 6.45) is 4.75. The first-order chi connectivity index (χ1) is 21.9. The molecule has 11 heteroatoms. The number of ether oxygens (including phenoxy) is 2. The van der Waals surface area contributed by atoms with Gasteiger partial charge in [-0.3, -0.25) is 14.3 Å². The molecular formula is C34H30F2N4O4S. The molecule has 5 aromatic rings. The molecule has 1 heterocycles. The summed E-state index contributed by atoms with van der Waals surface area (Å²) in [5, 5.41) is 4.08. The fourth-order valence-electron chi connectivity index (χ4n) is 4.56. The third kappa shape index (κ3) is 8.54. The average Bonchev–Trinajstić information content (AvgIpc) is 3.60. The first-order valence-corrected chi connectivity index (χ1v) is 15.3. The van der Waals surface area contributed by atoms with Crippen LogP contribution in [0, 0.1) is 11.6 Å². The van der Waals surface area contributed by atoms with Crippen LogP contribution in [0.3, 0.4) is 0 Å². The van der Waals surface area contributed by atoms with Gasteiger partial charge in [0.1, 0.15) is 38.2 Å². The summed E-state index contributed by atoms with van der Waals surface area (Å²) >= 11 is 1.34. The monoisotopic (exact) mass is 628 g/mol. The average molecular weight is 629 g/mol. The standard InChI is InChI=1S/C34H30F2N4O4S/c1-45-32-18-31(36)30(35)17-29(32)26-10-12-28(13-11-26)43-21-25-8-5-9-27(16-25)34(42)39(14-15-40-23-37-22-38-40)19-33(41)44-20-24-6-3-2-4-7-24/h2-13,16-18,22-23H,14-15,19-21H2,1H3. The lowest BCUT2D eigenvalue weighted by Gasteiger charge is -2.22. The lowest BCUT2D eigenvalue weighted by atomic mass is 10.1. The Morgan fingerprint density at radius 1 is 0.889 bits per heavy atom. The van der Waals surface area contributed by atoms with Crippen LogP contribution in [0.5, 0.6) is 5.75 Å². The van der Waals surface area contributed by atoms with Crippen molar-refractivity contribution in [1.82, 2.24) is 19.7 Å². The summed E-state index contributed by atoms with van der Waals surface area (Å²) in [5.41, 5.74) is 3.31. The fourth-order valence-corrected chi connectivity index (χ4v) is 5.18. The molecule has 0 N–H and O–H groups in total. The van der Waals surface area contributed by atoms with Gasteiger partial charge in [-0.05, 0) is 64.9 Å². The number of nitrogens with zero attached hydrogens (tertiary/aromatic N) is 4. The number of carbonyl (C=O) groups excluding carboxylic acids is 2. The number of thioether (sulfide) groups is 1. The van der Waals surface area contributed by atoms with Gasteiger partial charge in [0.15, 0.2) is 11.6 Å². The highest BCUT2D eigenvalue weighted by Crippen LogP contribution is 2.33. The molecule has 45 heavy (non-hydrogen) atoms. The van der Waals surface area contributed by atoms with E-state index in [-0.39, 0.29) is 32.2 Å². The van der Waals surface area contributed by atoms with E-state index in [1.807, 2.05) is 36.4 Å². The summed E-state index contributed by atoms with van der Waals surface area (Å²) in [6.45, 7) is 0.618. The van der Waals surface area contributed by atoms with Gasteiger partial charge in [-0.1, -0.05) is 54.6 Å². The molecule has 1 amide bonds. The number of benzene rings is 4. The van der Waals surface area contributed by atoms with E-state index in [4.69, 9.17) is 9.47 Å². The van der Waals surface area contributed by atoms with Crippen LogP contribution >= 0.6 is 11.8 Å². The molecule has 230 valence electrons. The van der Waals surface area contributed by atoms with Crippen LogP contribution in [0.4, 0.5) is 8.78 Å². The predicted molar refractivity (Wildman–Crippen MR) is 167 cm³/mol. The summed E-state index contributed by atoms with van der Waals surface area (Å²) in [5.74, 6) is -2.08. The molecule has 0 atom stereocenters. The fraction of sp³-hybridized carbons (Fsp3) is 0.176. The van der Waals surface area contributed by atoms with Crippen LogP contribution in [0.2, 0.25) is 0 Å². The van der Waals surface area contributed by atoms with Crippen molar-refractivity contribution in [3.63, 3.8) is 0 Å². The molecule has 0 unspecified atom stereocenters. The molecule has 5 rings (SSSR count). The highest BCUT2D eigenvalue weighted by atomic mass is 32.2. The van der Waals surface area contributed by atoms with E-state index in [1.165, 1.54) is 35.1 Å². The Labute approximate surface area is 263 Å². The third-order valence-electron chi connectivity index (χ3n) is 6.90. The smallest absolute Gasteiger partial charge is 0.325 e. The zero-order valence-corrected chi connectivity index (χ0v) is 25.3. The van der Waals surface area contributed by atoms with Gasteiger partial charge in [-0.15, -0.1) is 11.8 Å². The SMILES string of the molecule is CSc1cc(F)c(F)cc1-c1ccc(OCc2cccc(C(=O)N(CCn3cncn3)CC(=O)OCc3ccccc3)c2)cc1. The zero-order valence-electron chi connectivity index (χ0n) is 24.4. The minimum atomic E-state index is -0.904. The highest BCUT2D eigenvalue weighted by molar-refractivity contribution is 7.98. The van der Waals surface area contributed by atoms with Crippen molar-refractivity contribution in [3.05, 3.63) is 132 Å². The maximum absolute atomic E-state index is 13.9. The number of hydrogen-bond donors (Lipinski definition) is 0. The lowest BCUT2D eigenvalue weighted by Crippen LogP contribution is -2.38. The van der Waals surface area contributed by atoms with Gasteiger partial charge in [-0.25, -0.2) is 13.8 Å². The molecule has 1 aromatic heterocycles. The molecule has 4 aromatic carbocycles. The van der Waals surface area contributed by atoms with Crippen molar-refractivity contribution in [2.45, 2.75) is 24.7 Å². The minimum Gasteiger partial charge on any atom is -0.489 e. The van der Waals surface area contributed by atoms with Crippen molar-refractivity contribution in [3.8, 4) is 16.9 Å². The Bertz CT molecular complexity index is 1740. The topological polar surface area (TPSA) is 86.5 Å². The Morgan fingerprint density at radius 3 is 2.38 bits per heavy atom. The van der Waals surface area contributed by atoms with E-state index in [1.54, 1.807) is 59.7 Å². The molecule has 0 aliphatic carbocycles. The first kappa shape index (κ1) is 31.4. The van der Waals surface area contributed by atoms with E-state index in [9.17, 15) is 18.4 Å². The maximum Gasteiger partial charge on any atom is 0.325 e. The van der Waals surface area contributed by atoms with E-state index in [0.717, 1.165) is 16.7 Å². The molecule has 0 saturated heterocycles. The predicted octanol–water partition coefficient (Wildman–Crippen LogP) is 6.41. The van der Waals surface area contributed by atoms with Crippen LogP contribution in [-0.4, -0.2) is 50.9 Å². The van der Waals surface area contributed by atoms with Crippen LogP contribution < -0.4 is 4.74 Å². The normalized spacial score (nSPS) is 10.8. The van der Waals surface area contributed by atoms with Gasteiger partial charge in [-0.2, -0.15) is 5.10 Å². The maximum atomic E-state index is 13.9. The zero-order chi connectivity index (χ0) is 31.6. The van der Waals surface area contributed by atoms with Crippen molar-refractivity contribution >= 4 is 23.6 Å². The van der Waals surface area contributed by atoms with Gasteiger partial charge in [0.2, 0.25) is 0 Å². The van der Waals surface area contributed by atoms with Gasteiger partial charge in [0.05, 0.1) is 6.54 Å². The summed E-state index contributed by atoms with van der Waals surface area (Å²) in [7, 11) is 0. The highest BCUT2D eigenvalue weighted by Gasteiger charge is 2.21. The second-order valence-corrected chi connectivity index (χ2v) is 10.9. The number of esters is 1. The molecular weight excluding hydrogens is 598 g/mol. The van der Waals surface area contributed by atoms with E-state index >= 15 is 0 Å². The number of halogens is 2. The molecule has 0 bridgehead atoms. The Kier molecular flexibility index (Phi) is 10.5. The van der Waals surface area contributed by atoms with E-state index < -0.39 is 17.6 Å². The van der Waals surface area contributed by atoms with E-state index in [2.05, 4.69) is 10.1 Å². The first-order valence-electron chi connectivity index (χ1n) is 14.1. The summed E-state index contributed by atoms with van der Waals surface area (Å²) in [4.78, 5) is 32.3. The van der Waals surface area contributed by atoms with Crippen molar-refractivity contribution < 1.29 is 27.8 Å². The Morgan fingerprint density at radius 2 is 1.64 bits per heavy atom. The largest absolute Gasteiger partial charge is 0.489 e. The Balaban J connectivity index is 1.24. The molecule has 0 saturated carbocycles. The van der Waals surface area contributed by atoms with Crippen molar-refractivity contribution in [2.75, 3.05) is 19.3 Å². The molecule has 8 nitrogen and oxygen atoms in total. The number of rotatable bonds is 13. The third-order valence-corrected chi connectivity index (χ3v) is 7.68. The molecule has 0 radical (unpaired) electrons. The number of amides is 1. The minimum absolute atomic E-state index is 0.109. The summed E-state index contributed by atoms with van der Waals surface area (Å²) < 4.78 is 40.6.